The molecule has 17 heteroatoms. The minimum atomic E-state index is -3.11. The highest BCUT2D eigenvalue weighted by Gasteiger charge is 2.56. The SMILES string of the molecule is C=CC1C(OC2OC(CO)C(O)C(O)(O)C2O)OC=C(C(=O)OC)C1C=CC1=C[NH+](CCO)CC(C(=O)O)=C1NC(N)=NC. The molecule has 3 aliphatic rings. The summed E-state index contributed by atoms with van der Waals surface area (Å²) in [6.07, 6.45) is -1.88. The fourth-order valence-electron chi connectivity index (χ4n) is 4.94. The molecule has 3 rings (SSSR count). The summed E-state index contributed by atoms with van der Waals surface area (Å²) in [7, 11) is 2.56. The van der Waals surface area contributed by atoms with Crippen molar-refractivity contribution in [1.29, 1.82) is 0 Å². The van der Waals surface area contributed by atoms with Gasteiger partial charge in [-0.25, -0.2) is 9.59 Å². The molecule has 0 aromatic rings. The molecular weight excluding hydrogens is 588 g/mol. The smallest absolute Gasteiger partial charge is 0.339 e. The molecule has 0 spiro atoms. The minimum Gasteiger partial charge on any atom is -0.478 e. The van der Waals surface area contributed by atoms with Crippen molar-refractivity contribution in [3.63, 3.8) is 0 Å². The molecule has 44 heavy (non-hydrogen) atoms. The standard InChI is InChI=1S/C27H38N4O13/c1-4-14-15(6-5-13-9-31(7-8-32)10-16(22(36)37)19(13)30-26(28)29-2)17(23(38)41-3)12-42-24(14)44-25-21(35)27(39,40)20(34)18(11-33)43-25/h4-6,9,12,14-15,18,20-21,24-25,32-35,39-40H,1,7-8,10-11H2,2-3H3,(H,36,37)(H3,28,29,30)/p+1. The summed E-state index contributed by atoms with van der Waals surface area (Å²) in [5.74, 6) is -7.03. The fourth-order valence-corrected chi connectivity index (χ4v) is 4.94. The first-order valence-corrected chi connectivity index (χ1v) is 13.4. The molecule has 0 radical (unpaired) electrons. The van der Waals surface area contributed by atoms with Gasteiger partial charge in [-0.2, -0.15) is 0 Å². The van der Waals surface area contributed by atoms with Crippen LogP contribution in [0, 0.1) is 11.8 Å². The fraction of sp³-hybridized carbons (Fsp3) is 0.519. The average molecular weight is 628 g/mol. The Labute approximate surface area is 252 Å². The molecule has 0 aromatic carbocycles. The number of aliphatic hydroxyl groups excluding tert-OH is 4. The number of carboxylic acids is 1. The summed E-state index contributed by atoms with van der Waals surface area (Å²) in [5, 5.41) is 72.7. The van der Waals surface area contributed by atoms with Crippen molar-refractivity contribution in [2.45, 2.75) is 36.7 Å². The number of carbonyl (C=O) groups is 2. The Morgan fingerprint density at radius 2 is 1.98 bits per heavy atom. The molecule has 1 fully saturated rings. The highest BCUT2D eigenvalue weighted by Crippen LogP contribution is 2.37. The molecule has 8 unspecified atom stereocenters. The van der Waals surface area contributed by atoms with Crippen molar-refractivity contribution in [2.24, 2.45) is 22.6 Å². The minimum absolute atomic E-state index is 0.00323. The maximum Gasteiger partial charge on any atom is 0.339 e. The van der Waals surface area contributed by atoms with E-state index in [-0.39, 0.29) is 42.5 Å². The number of aliphatic imine (C=N–C) groups is 1. The third-order valence-corrected chi connectivity index (χ3v) is 7.37. The van der Waals surface area contributed by atoms with Crippen LogP contribution in [-0.4, -0.2) is 131 Å². The molecule has 0 amide bonds. The van der Waals surface area contributed by atoms with E-state index >= 15 is 0 Å². The topological polar surface area (TPSA) is 268 Å². The second-order valence-electron chi connectivity index (χ2n) is 10.1. The molecule has 244 valence electrons. The third kappa shape index (κ3) is 7.34. The van der Waals surface area contributed by atoms with Crippen molar-refractivity contribution >= 4 is 17.9 Å². The summed E-state index contributed by atoms with van der Waals surface area (Å²) in [5.41, 5.74) is 6.27. The molecule has 0 aliphatic carbocycles. The number of aliphatic carboxylic acids is 1. The Bertz CT molecular complexity index is 1240. The third-order valence-electron chi connectivity index (χ3n) is 7.37. The van der Waals surface area contributed by atoms with Gasteiger partial charge in [-0.3, -0.25) is 4.99 Å². The summed E-state index contributed by atoms with van der Waals surface area (Å²) in [4.78, 5) is 29.3. The molecular formula is C27H39N4O13+. The number of allylic oxidation sites excluding steroid dienone is 2. The highest BCUT2D eigenvalue weighted by atomic mass is 16.8. The van der Waals surface area contributed by atoms with Gasteiger partial charge in [0.15, 0.2) is 18.4 Å². The van der Waals surface area contributed by atoms with Gasteiger partial charge in [0.1, 0.15) is 37.1 Å². The van der Waals surface area contributed by atoms with Crippen molar-refractivity contribution in [3.05, 3.63) is 59.7 Å². The van der Waals surface area contributed by atoms with Gasteiger partial charge in [0.25, 0.3) is 0 Å². The van der Waals surface area contributed by atoms with Crippen LogP contribution < -0.4 is 16.0 Å². The number of carboxylic acid groups (broad SMARTS) is 1. The molecule has 0 bridgehead atoms. The number of nitrogens with two attached hydrogens (primary N) is 1. The molecule has 1 saturated heterocycles. The van der Waals surface area contributed by atoms with Crippen LogP contribution in [0.3, 0.4) is 0 Å². The Morgan fingerprint density at radius 3 is 2.55 bits per heavy atom. The molecule has 3 heterocycles. The van der Waals surface area contributed by atoms with Gasteiger partial charge in [0, 0.05) is 13.0 Å². The second kappa shape index (κ2) is 14.9. The zero-order chi connectivity index (χ0) is 32.8. The van der Waals surface area contributed by atoms with Gasteiger partial charge >= 0.3 is 11.9 Å². The molecule has 11 N–H and O–H groups in total. The first-order valence-electron chi connectivity index (χ1n) is 13.4. The van der Waals surface area contributed by atoms with Crippen molar-refractivity contribution in [2.75, 3.05) is 40.5 Å². The number of hydrogen-bond donors (Lipinski definition) is 10. The quantitative estimate of drug-likeness (QED) is 0.0338. The van der Waals surface area contributed by atoms with Crippen LogP contribution in [0.1, 0.15) is 0 Å². The summed E-state index contributed by atoms with van der Waals surface area (Å²) in [6.45, 7) is 2.93. The van der Waals surface area contributed by atoms with Gasteiger partial charge in [0.05, 0.1) is 49.3 Å². The van der Waals surface area contributed by atoms with Crippen LogP contribution in [0.4, 0.5) is 0 Å². The van der Waals surface area contributed by atoms with E-state index in [1.54, 1.807) is 6.20 Å². The Hall–Kier alpha value is -3.65. The number of quaternary nitrogens is 1. The van der Waals surface area contributed by atoms with E-state index in [1.807, 2.05) is 0 Å². The van der Waals surface area contributed by atoms with E-state index in [4.69, 9.17) is 24.7 Å². The molecule has 3 aliphatic heterocycles. The van der Waals surface area contributed by atoms with Crippen LogP contribution in [0.25, 0.3) is 0 Å². The van der Waals surface area contributed by atoms with E-state index in [0.717, 1.165) is 13.4 Å². The van der Waals surface area contributed by atoms with Gasteiger partial charge in [0.2, 0.25) is 12.1 Å². The number of carbonyl (C=O) groups excluding carboxylic acids is 1. The van der Waals surface area contributed by atoms with E-state index in [0.29, 0.717) is 10.5 Å². The number of nitrogens with one attached hydrogen (secondary N) is 2. The van der Waals surface area contributed by atoms with Crippen molar-refractivity contribution < 1.29 is 69.2 Å². The summed E-state index contributed by atoms with van der Waals surface area (Å²) in [6, 6.07) is 0. The number of rotatable bonds is 11. The molecule has 8 atom stereocenters. The lowest BCUT2D eigenvalue weighted by Gasteiger charge is -2.46. The van der Waals surface area contributed by atoms with Crippen LogP contribution in [0.2, 0.25) is 0 Å². The highest BCUT2D eigenvalue weighted by molar-refractivity contribution is 5.92. The zero-order valence-corrected chi connectivity index (χ0v) is 24.1. The van der Waals surface area contributed by atoms with Crippen molar-refractivity contribution in [1.82, 2.24) is 5.32 Å². The van der Waals surface area contributed by atoms with Gasteiger partial charge in [-0.05, 0) is 0 Å². The Kier molecular flexibility index (Phi) is 11.8. The van der Waals surface area contributed by atoms with E-state index in [9.17, 15) is 45.3 Å². The summed E-state index contributed by atoms with van der Waals surface area (Å²) < 4.78 is 21.6. The Morgan fingerprint density at radius 1 is 1.27 bits per heavy atom. The number of esters is 1. The van der Waals surface area contributed by atoms with Crippen LogP contribution in [-0.2, 0) is 28.5 Å². The first-order chi connectivity index (χ1) is 20.8. The zero-order valence-electron chi connectivity index (χ0n) is 24.1. The monoisotopic (exact) mass is 627 g/mol. The second-order valence-corrected chi connectivity index (χ2v) is 10.1. The number of guanidine groups is 1. The van der Waals surface area contributed by atoms with Crippen molar-refractivity contribution in [3.8, 4) is 0 Å². The van der Waals surface area contributed by atoms with E-state index in [1.165, 1.54) is 25.3 Å². The summed E-state index contributed by atoms with van der Waals surface area (Å²) >= 11 is 0. The predicted octanol–water partition coefficient (Wildman–Crippen LogP) is -4.84. The maximum absolute atomic E-state index is 12.7. The van der Waals surface area contributed by atoms with E-state index in [2.05, 4.69) is 16.9 Å². The Balaban J connectivity index is 2.03. The number of nitrogens with zero attached hydrogens (tertiary/aromatic N) is 1. The largest absolute Gasteiger partial charge is 0.478 e. The number of hydrogen-bond acceptors (Lipinski definition) is 13. The van der Waals surface area contributed by atoms with Gasteiger partial charge < -0.3 is 70.6 Å². The average Bonchev–Trinajstić information content (AvgIpc) is 3.00. The van der Waals surface area contributed by atoms with Crippen LogP contribution in [0.15, 0.2) is 64.7 Å². The number of ether oxygens (including phenoxy) is 4. The number of methoxy groups -OCH3 is 1. The molecule has 0 saturated carbocycles. The normalized spacial score (nSPS) is 32.4. The maximum atomic E-state index is 12.7. The lowest BCUT2D eigenvalue weighted by molar-refractivity contribution is -0.843. The first kappa shape index (κ1) is 34.8. The lowest BCUT2D eigenvalue weighted by Crippen LogP contribution is -3.09. The van der Waals surface area contributed by atoms with E-state index < -0.39 is 67.1 Å². The van der Waals surface area contributed by atoms with Gasteiger partial charge in [-0.1, -0.05) is 18.2 Å². The van der Waals surface area contributed by atoms with Crippen LogP contribution in [0.5, 0.6) is 0 Å². The lowest BCUT2D eigenvalue weighted by atomic mass is 9.83. The predicted molar refractivity (Wildman–Crippen MR) is 149 cm³/mol. The van der Waals surface area contributed by atoms with Gasteiger partial charge in [-0.15, -0.1) is 6.58 Å². The molecule has 17 nitrogen and oxygen atoms in total. The van der Waals surface area contributed by atoms with Crippen LogP contribution >= 0.6 is 0 Å². The number of aliphatic hydroxyl groups is 6. The molecule has 0 aromatic heterocycles.